The molecule has 0 aliphatic carbocycles. The van der Waals surface area contributed by atoms with E-state index in [0.717, 1.165) is 42.7 Å². The average molecular weight is 469 g/mol. The number of para-hydroxylation sites is 1. The predicted molar refractivity (Wildman–Crippen MR) is 129 cm³/mol. The van der Waals surface area contributed by atoms with Crippen molar-refractivity contribution in [2.75, 3.05) is 31.2 Å². The van der Waals surface area contributed by atoms with E-state index in [2.05, 4.69) is 22.4 Å². The number of hydrogen-bond acceptors (Lipinski definition) is 4. The Kier molecular flexibility index (Phi) is 5.73. The highest BCUT2D eigenvalue weighted by Gasteiger charge is 2.31. The number of nitrogens with one attached hydrogen (secondary N) is 1. The molecule has 6 nitrogen and oxygen atoms in total. The van der Waals surface area contributed by atoms with Crippen molar-refractivity contribution in [2.24, 2.45) is 0 Å². The van der Waals surface area contributed by atoms with Crippen LogP contribution in [0, 0.1) is 0 Å². The molecule has 5 rings (SSSR count). The number of rotatable bonds is 5. The molecule has 0 unspecified atom stereocenters. The molecule has 1 aliphatic heterocycles. The molecule has 2 aromatic heterocycles. The van der Waals surface area contributed by atoms with Crippen LogP contribution in [0.2, 0.25) is 0 Å². The number of alkyl halides is 3. The molecule has 1 fully saturated rings. The maximum absolute atomic E-state index is 13.6. The summed E-state index contributed by atoms with van der Waals surface area (Å²) in [6.45, 7) is 0.871. The van der Waals surface area contributed by atoms with Gasteiger partial charge < -0.3 is 20.5 Å². The van der Waals surface area contributed by atoms with Crippen molar-refractivity contribution in [3.8, 4) is 17.1 Å². The largest absolute Gasteiger partial charge is 0.406 e. The Labute approximate surface area is 195 Å². The molecule has 0 spiro atoms. The standard InChI is InChI=1S/C25H27F3N6/c1-32-12-10-17(11-13-32)30-20-8-5-9-22-19(20)14-23(33(22)16-25(26,27)28)21-15-24(29)34(31-21)18-6-3-2-4-7-18/h2-9,14-15,17,30H,10-13,16,29H2,1H3. The number of halogens is 3. The first kappa shape index (κ1) is 22.3. The molecule has 0 saturated carbocycles. The van der Waals surface area contributed by atoms with Crippen molar-refractivity contribution < 1.29 is 13.2 Å². The van der Waals surface area contributed by atoms with E-state index in [4.69, 9.17) is 5.73 Å². The fraction of sp³-hybridized carbons (Fsp3) is 0.320. The average Bonchev–Trinajstić information content (AvgIpc) is 3.36. The van der Waals surface area contributed by atoms with Crippen LogP contribution in [0.1, 0.15) is 12.8 Å². The normalized spacial score (nSPS) is 15.8. The minimum atomic E-state index is -4.38. The predicted octanol–water partition coefficient (Wildman–Crippen LogP) is 5.14. The number of anilines is 2. The monoisotopic (exact) mass is 468 g/mol. The van der Waals surface area contributed by atoms with Crippen LogP contribution in [0.4, 0.5) is 24.7 Å². The van der Waals surface area contributed by atoms with Gasteiger partial charge in [0.2, 0.25) is 0 Å². The first-order valence-electron chi connectivity index (χ1n) is 11.3. The summed E-state index contributed by atoms with van der Waals surface area (Å²) in [4.78, 5) is 2.28. The molecule has 1 saturated heterocycles. The van der Waals surface area contributed by atoms with Crippen LogP contribution >= 0.6 is 0 Å². The van der Waals surface area contributed by atoms with Crippen molar-refractivity contribution in [1.82, 2.24) is 19.2 Å². The van der Waals surface area contributed by atoms with Gasteiger partial charge in [-0.25, -0.2) is 4.68 Å². The third kappa shape index (κ3) is 4.48. The maximum Gasteiger partial charge on any atom is 0.406 e. The fourth-order valence-electron chi connectivity index (χ4n) is 4.64. The van der Waals surface area contributed by atoms with E-state index in [-0.39, 0.29) is 6.04 Å². The smallest absolute Gasteiger partial charge is 0.384 e. The summed E-state index contributed by atoms with van der Waals surface area (Å²) in [5.74, 6) is 0.356. The highest BCUT2D eigenvalue weighted by atomic mass is 19.4. The van der Waals surface area contributed by atoms with Gasteiger partial charge in [-0.15, -0.1) is 0 Å². The topological polar surface area (TPSA) is 64.0 Å². The van der Waals surface area contributed by atoms with Gasteiger partial charge in [-0.05, 0) is 63.3 Å². The third-order valence-electron chi connectivity index (χ3n) is 6.36. The number of piperidine rings is 1. The van der Waals surface area contributed by atoms with Gasteiger partial charge in [-0.2, -0.15) is 18.3 Å². The zero-order chi connectivity index (χ0) is 23.9. The first-order valence-corrected chi connectivity index (χ1v) is 11.3. The second-order valence-corrected chi connectivity index (χ2v) is 8.89. The lowest BCUT2D eigenvalue weighted by Gasteiger charge is -2.30. The minimum Gasteiger partial charge on any atom is -0.384 e. The van der Waals surface area contributed by atoms with Crippen molar-refractivity contribution in [3.05, 3.63) is 60.7 Å². The molecule has 0 radical (unpaired) electrons. The fourth-order valence-corrected chi connectivity index (χ4v) is 4.64. The molecule has 4 aromatic rings. The Balaban J connectivity index is 1.59. The molecule has 0 amide bonds. The van der Waals surface area contributed by atoms with Crippen LogP contribution in [0.15, 0.2) is 60.7 Å². The molecular weight excluding hydrogens is 441 g/mol. The summed E-state index contributed by atoms with van der Waals surface area (Å²) in [5.41, 5.74) is 9.07. The zero-order valence-corrected chi connectivity index (χ0v) is 18.9. The molecule has 1 aliphatic rings. The van der Waals surface area contributed by atoms with Crippen molar-refractivity contribution in [2.45, 2.75) is 31.6 Å². The van der Waals surface area contributed by atoms with Gasteiger partial charge in [-0.3, -0.25) is 0 Å². The van der Waals surface area contributed by atoms with Crippen LogP contribution in [-0.2, 0) is 6.54 Å². The lowest BCUT2D eigenvalue weighted by Crippen LogP contribution is -2.36. The Morgan fingerprint density at radius 2 is 1.76 bits per heavy atom. The number of nitrogen functional groups attached to an aromatic ring is 1. The van der Waals surface area contributed by atoms with Crippen LogP contribution in [0.5, 0.6) is 0 Å². The molecule has 9 heteroatoms. The number of likely N-dealkylation sites (tertiary alicyclic amines) is 1. The van der Waals surface area contributed by atoms with E-state index in [1.807, 2.05) is 36.4 Å². The number of fused-ring (bicyclic) bond motifs is 1. The van der Waals surface area contributed by atoms with Gasteiger partial charge in [0.15, 0.2) is 0 Å². The van der Waals surface area contributed by atoms with Gasteiger partial charge in [-0.1, -0.05) is 24.3 Å². The molecular formula is C25H27F3N6. The van der Waals surface area contributed by atoms with Crippen LogP contribution in [0.3, 0.4) is 0 Å². The van der Waals surface area contributed by atoms with E-state index < -0.39 is 12.7 Å². The zero-order valence-electron chi connectivity index (χ0n) is 18.9. The maximum atomic E-state index is 13.6. The van der Waals surface area contributed by atoms with Gasteiger partial charge in [0.1, 0.15) is 18.1 Å². The van der Waals surface area contributed by atoms with E-state index in [9.17, 15) is 13.2 Å². The Morgan fingerprint density at radius 3 is 2.47 bits per heavy atom. The number of nitrogens with two attached hydrogens (primary N) is 1. The van der Waals surface area contributed by atoms with E-state index in [1.165, 1.54) is 4.57 Å². The summed E-state index contributed by atoms with van der Waals surface area (Å²) in [7, 11) is 2.10. The van der Waals surface area contributed by atoms with Gasteiger partial charge in [0.05, 0.1) is 16.9 Å². The quantitative estimate of drug-likeness (QED) is 0.426. The number of nitrogens with zero attached hydrogens (tertiary/aromatic N) is 4. The highest BCUT2D eigenvalue weighted by molar-refractivity contribution is 5.96. The van der Waals surface area contributed by atoms with Crippen LogP contribution in [0.25, 0.3) is 28.0 Å². The first-order chi connectivity index (χ1) is 16.3. The lowest BCUT2D eigenvalue weighted by molar-refractivity contribution is -0.139. The molecule has 3 heterocycles. The van der Waals surface area contributed by atoms with Crippen LogP contribution in [-0.4, -0.2) is 51.6 Å². The molecule has 0 atom stereocenters. The third-order valence-corrected chi connectivity index (χ3v) is 6.36. The Hall–Kier alpha value is -3.46. The lowest BCUT2D eigenvalue weighted by atomic mass is 10.0. The van der Waals surface area contributed by atoms with Crippen molar-refractivity contribution >= 4 is 22.4 Å². The Morgan fingerprint density at radius 1 is 1.03 bits per heavy atom. The summed E-state index contributed by atoms with van der Waals surface area (Å²) >= 11 is 0. The second kappa shape index (κ2) is 8.72. The van der Waals surface area contributed by atoms with Gasteiger partial charge in [0.25, 0.3) is 0 Å². The minimum absolute atomic E-state index is 0.282. The summed E-state index contributed by atoms with van der Waals surface area (Å²) < 4.78 is 43.7. The summed E-state index contributed by atoms with van der Waals surface area (Å²) in [5, 5.41) is 8.88. The van der Waals surface area contributed by atoms with Crippen molar-refractivity contribution in [3.63, 3.8) is 0 Å². The molecule has 178 valence electrons. The molecule has 0 bridgehead atoms. The van der Waals surface area contributed by atoms with Crippen molar-refractivity contribution in [1.29, 1.82) is 0 Å². The number of benzene rings is 2. The second-order valence-electron chi connectivity index (χ2n) is 8.89. The number of hydrogen-bond donors (Lipinski definition) is 2. The van der Waals surface area contributed by atoms with E-state index in [1.54, 1.807) is 28.9 Å². The Bertz CT molecular complexity index is 1280. The SMILES string of the molecule is CN1CCC(Nc2cccc3c2cc(-c2cc(N)n(-c4ccccc4)n2)n3CC(F)(F)F)CC1. The van der Waals surface area contributed by atoms with Crippen LogP contribution < -0.4 is 11.1 Å². The summed E-state index contributed by atoms with van der Waals surface area (Å²) in [6, 6.07) is 18.4. The van der Waals surface area contributed by atoms with E-state index in [0.29, 0.717) is 22.7 Å². The van der Waals surface area contributed by atoms with Gasteiger partial charge >= 0.3 is 6.18 Å². The molecule has 2 aromatic carbocycles. The molecule has 3 N–H and O–H groups in total. The number of aromatic nitrogens is 3. The van der Waals surface area contributed by atoms with Gasteiger partial charge in [0, 0.05) is 23.2 Å². The molecule has 34 heavy (non-hydrogen) atoms. The van der Waals surface area contributed by atoms with E-state index >= 15 is 0 Å². The highest BCUT2D eigenvalue weighted by Crippen LogP contribution is 2.36. The summed E-state index contributed by atoms with van der Waals surface area (Å²) in [6.07, 6.45) is -2.41.